The molecule has 1 aliphatic heterocycles. The Hall–Kier alpha value is -0.730. The molecule has 0 spiro atoms. The van der Waals surface area contributed by atoms with E-state index in [4.69, 9.17) is 10.5 Å². The zero-order valence-electron chi connectivity index (χ0n) is 8.79. The van der Waals surface area contributed by atoms with Crippen molar-refractivity contribution in [3.63, 3.8) is 0 Å². The van der Waals surface area contributed by atoms with Gasteiger partial charge >= 0.3 is 0 Å². The fraction of sp³-hybridized carbons (Fsp3) is 0.900. The van der Waals surface area contributed by atoms with Gasteiger partial charge in [0, 0.05) is 5.92 Å². The Balaban J connectivity index is 0.000000396. The minimum atomic E-state index is 0.363. The first kappa shape index (κ1) is 10.4. The molecule has 2 aliphatic rings. The Bertz CT molecular complexity index is 191. The molecule has 0 aromatic carbocycles. The van der Waals surface area contributed by atoms with Gasteiger partial charge in [-0.1, -0.05) is 13.8 Å². The number of fused-ring (bicyclic) bond motifs is 1. The van der Waals surface area contributed by atoms with E-state index in [-0.39, 0.29) is 0 Å². The molecule has 0 amide bonds. The van der Waals surface area contributed by atoms with Crippen molar-refractivity contribution in [2.75, 3.05) is 0 Å². The van der Waals surface area contributed by atoms with E-state index in [1.165, 1.54) is 12.8 Å². The largest absolute Gasteiger partial charge is 0.462 e. The van der Waals surface area contributed by atoms with Crippen LogP contribution in [-0.4, -0.2) is 18.2 Å². The summed E-state index contributed by atoms with van der Waals surface area (Å²) in [5.41, 5.74) is 5.51. The van der Waals surface area contributed by atoms with Crippen LogP contribution in [0.1, 0.15) is 40.0 Å². The van der Waals surface area contributed by atoms with Gasteiger partial charge in [0.25, 0.3) is 6.02 Å². The molecular formula is C10H20N2O. The molecule has 0 aromatic rings. The van der Waals surface area contributed by atoms with Crippen molar-refractivity contribution in [3.05, 3.63) is 0 Å². The summed E-state index contributed by atoms with van der Waals surface area (Å²) in [4.78, 5) is 4.20. The molecule has 3 atom stereocenters. The second-order valence-electron chi connectivity index (χ2n) is 3.46. The third-order valence-corrected chi connectivity index (χ3v) is 2.73. The Morgan fingerprint density at radius 1 is 1.38 bits per heavy atom. The lowest BCUT2D eigenvalue weighted by Crippen LogP contribution is -2.37. The van der Waals surface area contributed by atoms with E-state index in [1.807, 2.05) is 13.8 Å². The molecule has 1 saturated carbocycles. The SMILES string of the molecule is CC.CC1N=C(N)OC2CCCC12. The lowest BCUT2D eigenvalue weighted by Gasteiger charge is -2.28. The minimum Gasteiger partial charge on any atom is -0.462 e. The molecule has 0 saturated heterocycles. The maximum Gasteiger partial charge on any atom is 0.282 e. The fourth-order valence-electron chi connectivity index (χ4n) is 2.13. The van der Waals surface area contributed by atoms with Crippen molar-refractivity contribution < 1.29 is 4.74 Å². The van der Waals surface area contributed by atoms with Crippen LogP contribution in [0.15, 0.2) is 4.99 Å². The monoisotopic (exact) mass is 184 g/mol. The summed E-state index contributed by atoms with van der Waals surface area (Å²) in [6.45, 7) is 6.12. The van der Waals surface area contributed by atoms with Crippen LogP contribution in [-0.2, 0) is 4.74 Å². The van der Waals surface area contributed by atoms with Crippen molar-refractivity contribution in [1.29, 1.82) is 0 Å². The number of hydrogen-bond donors (Lipinski definition) is 1. The highest BCUT2D eigenvalue weighted by Gasteiger charge is 2.36. The zero-order chi connectivity index (χ0) is 9.84. The Labute approximate surface area is 80.4 Å². The topological polar surface area (TPSA) is 47.6 Å². The van der Waals surface area contributed by atoms with Gasteiger partial charge in [0.2, 0.25) is 0 Å². The van der Waals surface area contributed by atoms with Crippen molar-refractivity contribution in [1.82, 2.24) is 0 Å². The predicted octanol–water partition coefficient (Wildman–Crippen LogP) is 1.91. The highest BCUT2D eigenvalue weighted by molar-refractivity contribution is 5.72. The maximum absolute atomic E-state index is 5.51. The molecule has 2 rings (SSSR count). The first-order valence-corrected chi connectivity index (χ1v) is 5.27. The Morgan fingerprint density at radius 3 is 2.77 bits per heavy atom. The summed E-state index contributed by atoms with van der Waals surface area (Å²) in [6, 6.07) is 0.761. The average Bonchev–Trinajstić information content (AvgIpc) is 2.55. The number of ether oxygens (including phenoxy) is 1. The summed E-state index contributed by atoms with van der Waals surface area (Å²) < 4.78 is 5.41. The van der Waals surface area contributed by atoms with Crippen LogP contribution in [0, 0.1) is 5.92 Å². The van der Waals surface area contributed by atoms with E-state index in [2.05, 4.69) is 11.9 Å². The van der Waals surface area contributed by atoms with Crippen LogP contribution in [0.3, 0.4) is 0 Å². The number of nitrogens with two attached hydrogens (primary N) is 1. The standard InChI is InChI=1S/C8H14N2O.C2H6/c1-5-6-3-2-4-7(6)11-8(9)10-5;1-2/h5-7H,2-4H2,1H3,(H2,9,10);1-2H3. The third-order valence-electron chi connectivity index (χ3n) is 2.73. The van der Waals surface area contributed by atoms with Crippen LogP contribution in [0.5, 0.6) is 0 Å². The maximum atomic E-state index is 5.51. The number of aliphatic imine (C=N–C) groups is 1. The number of amidine groups is 1. The van der Waals surface area contributed by atoms with E-state index < -0.39 is 0 Å². The quantitative estimate of drug-likeness (QED) is 0.625. The second-order valence-corrected chi connectivity index (χ2v) is 3.46. The molecule has 1 heterocycles. The second kappa shape index (κ2) is 4.49. The highest BCUT2D eigenvalue weighted by Crippen LogP contribution is 2.34. The van der Waals surface area contributed by atoms with Crippen molar-refractivity contribution in [2.45, 2.75) is 52.2 Å². The van der Waals surface area contributed by atoms with Crippen LogP contribution in [0.25, 0.3) is 0 Å². The molecule has 0 aromatic heterocycles. The molecule has 76 valence electrons. The molecule has 3 nitrogen and oxygen atoms in total. The third kappa shape index (κ3) is 2.14. The number of rotatable bonds is 0. The van der Waals surface area contributed by atoms with Crippen molar-refractivity contribution in [3.8, 4) is 0 Å². The van der Waals surface area contributed by atoms with E-state index >= 15 is 0 Å². The predicted molar refractivity (Wildman–Crippen MR) is 54.6 cm³/mol. The first-order chi connectivity index (χ1) is 6.27. The molecule has 0 bridgehead atoms. The van der Waals surface area contributed by atoms with Gasteiger partial charge in [0.05, 0.1) is 6.04 Å². The van der Waals surface area contributed by atoms with Gasteiger partial charge in [-0.3, -0.25) is 0 Å². The van der Waals surface area contributed by atoms with Gasteiger partial charge < -0.3 is 10.5 Å². The number of hydrogen-bond acceptors (Lipinski definition) is 3. The first-order valence-electron chi connectivity index (χ1n) is 5.27. The molecule has 2 N–H and O–H groups in total. The fourth-order valence-corrected chi connectivity index (χ4v) is 2.13. The summed E-state index contributed by atoms with van der Waals surface area (Å²) in [5, 5.41) is 0. The van der Waals surface area contributed by atoms with Crippen LogP contribution in [0.4, 0.5) is 0 Å². The number of nitrogens with zero attached hydrogens (tertiary/aromatic N) is 1. The smallest absolute Gasteiger partial charge is 0.282 e. The summed E-state index contributed by atoms with van der Waals surface area (Å²) in [6.07, 6.45) is 4.04. The summed E-state index contributed by atoms with van der Waals surface area (Å²) >= 11 is 0. The van der Waals surface area contributed by atoms with Crippen molar-refractivity contribution in [2.24, 2.45) is 16.6 Å². The minimum absolute atomic E-state index is 0.363. The van der Waals surface area contributed by atoms with Crippen LogP contribution < -0.4 is 5.73 Å². The molecule has 3 heteroatoms. The Kier molecular flexibility index (Phi) is 3.58. The van der Waals surface area contributed by atoms with E-state index in [1.54, 1.807) is 0 Å². The lowest BCUT2D eigenvalue weighted by molar-refractivity contribution is 0.111. The molecule has 1 fully saturated rings. The van der Waals surface area contributed by atoms with Crippen molar-refractivity contribution >= 4 is 6.02 Å². The lowest BCUT2D eigenvalue weighted by atomic mass is 9.97. The van der Waals surface area contributed by atoms with Crippen LogP contribution in [0.2, 0.25) is 0 Å². The molecular weight excluding hydrogens is 164 g/mol. The van der Waals surface area contributed by atoms with E-state index in [9.17, 15) is 0 Å². The van der Waals surface area contributed by atoms with Gasteiger partial charge in [0.15, 0.2) is 0 Å². The molecule has 1 aliphatic carbocycles. The van der Waals surface area contributed by atoms with E-state index in [0.29, 0.717) is 24.1 Å². The molecule has 13 heavy (non-hydrogen) atoms. The highest BCUT2D eigenvalue weighted by atomic mass is 16.5. The normalized spacial score (nSPS) is 36.5. The van der Waals surface area contributed by atoms with Gasteiger partial charge in [-0.15, -0.1) is 0 Å². The van der Waals surface area contributed by atoms with Gasteiger partial charge in [-0.05, 0) is 26.2 Å². The van der Waals surface area contributed by atoms with Crippen LogP contribution >= 0.6 is 0 Å². The Morgan fingerprint density at radius 2 is 2.08 bits per heavy atom. The van der Waals surface area contributed by atoms with Gasteiger partial charge in [0.1, 0.15) is 6.10 Å². The zero-order valence-corrected chi connectivity index (χ0v) is 8.79. The summed E-state index contributed by atoms with van der Waals surface area (Å²) in [7, 11) is 0. The van der Waals surface area contributed by atoms with Gasteiger partial charge in [-0.2, -0.15) is 0 Å². The average molecular weight is 184 g/mol. The molecule has 0 radical (unpaired) electrons. The van der Waals surface area contributed by atoms with Gasteiger partial charge in [-0.25, -0.2) is 4.99 Å². The molecule has 3 unspecified atom stereocenters. The summed E-state index contributed by atoms with van der Waals surface area (Å²) in [5.74, 6) is 0.627. The van der Waals surface area contributed by atoms with E-state index in [0.717, 1.165) is 6.42 Å².